The van der Waals surface area contributed by atoms with Crippen molar-refractivity contribution in [1.82, 2.24) is 0 Å². The number of halogens is 2. The van der Waals surface area contributed by atoms with Crippen LogP contribution in [0.3, 0.4) is 0 Å². The van der Waals surface area contributed by atoms with E-state index in [1.54, 1.807) is 0 Å². The van der Waals surface area contributed by atoms with Crippen molar-refractivity contribution in [3.8, 4) is 0 Å². The van der Waals surface area contributed by atoms with Gasteiger partial charge < -0.3 is 0 Å². The van der Waals surface area contributed by atoms with Crippen molar-refractivity contribution in [2.75, 3.05) is 0 Å². The summed E-state index contributed by atoms with van der Waals surface area (Å²) in [6, 6.07) is 17.7. The van der Waals surface area contributed by atoms with Crippen molar-refractivity contribution < 1.29 is 10.9 Å². The second kappa shape index (κ2) is 5.74. The molecule has 0 heterocycles. The molecular weight excluding hydrogens is 535 g/mol. The Bertz CT molecular complexity index is 1060. The topological polar surface area (TPSA) is 0 Å². The Balaban J connectivity index is 2.28. The van der Waals surface area contributed by atoms with Gasteiger partial charge in [0.2, 0.25) is 0 Å². The summed E-state index contributed by atoms with van der Waals surface area (Å²) < 4.78 is 0.291. The monoisotopic (exact) mass is 567 g/mol. The molecule has 161 valence electrons. The van der Waals surface area contributed by atoms with Crippen molar-refractivity contribution in [2.24, 2.45) is 0 Å². The van der Waals surface area contributed by atoms with Gasteiger partial charge in [-0.05, 0) is 0 Å². The molecule has 2 unspecified atom stereocenters. The van der Waals surface area contributed by atoms with Crippen molar-refractivity contribution in [2.45, 2.75) is 46.5 Å². The van der Waals surface area contributed by atoms with Crippen molar-refractivity contribution >= 4 is 46.9 Å². The Morgan fingerprint density at radius 3 is 1.33 bits per heavy atom. The van der Waals surface area contributed by atoms with Crippen LogP contribution in [0.25, 0.3) is 12.2 Å². The number of benzene rings is 2. The first-order chi connectivity index (χ1) is 13.5. The predicted octanol–water partition coefficient (Wildman–Crippen LogP) is 7.54. The number of hydrogen-bond donors (Lipinski definition) is 0. The molecule has 4 rings (SSSR count). The maximum absolute atomic E-state index is 8.97. The molecule has 30 heavy (non-hydrogen) atoms. The van der Waals surface area contributed by atoms with Gasteiger partial charge in [-0.3, -0.25) is 0 Å². The molecule has 0 nitrogen and oxygen atoms in total. The van der Waals surface area contributed by atoms with Gasteiger partial charge in [-0.25, -0.2) is 0 Å². The van der Waals surface area contributed by atoms with Gasteiger partial charge in [-0.1, -0.05) is 0 Å². The van der Waals surface area contributed by atoms with Gasteiger partial charge >= 0.3 is 187 Å². The Labute approximate surface area is 185 Å². The van der Waals surface area contributed by atoms with E-state index < -0.39 is 21.3 Å². The molecule has 0 saturated heterocycles. The Morgan fingerprint density at radius 2 is 1.00 bits per heavy atom. The van der Waals surface area contributed by atoms with Crippen LogP contribution in [0.15, 0.2) is 60.7 Å². The Morgan fingerprint density at radius 1 is 0.667 bits per heavy atom. The molecule has 0 N–H and O–H groups in total. The average Bonchev–Trinajstić information content (AvgIpc) is 3.26. The molecule has 0 spiro atoms. The van der Waals surface area contributed by atoms with E-state index in [4.69, 9.17) is 17.0 Å². The van der Waals surface area contributed by atoms with Crippen LogP contribution in [0.2, 0.25) is 39.3 Å². The molecule has 2 aliphatic carbocycles. The van der Waals surface area contributed by atoms with E-state index in [1.165, 1.54) is 22.3 Å². The predicted molar refractivity (Wildman–Crippen MR) is 145 cm³/mol. The van der Waals surface area contributed by atoms with Gasteiger partial charge in [-0.15, -0.1) is 0 Å². The van der Waals surface area contributed by atoms with Crippen molar-refractivity contribution in [3.05, 3.63) is 82.9 Å². The Kier molecular flexibility index (Phi) is 4.44. The molecule has 2 aromatic rings. The molecular formula is C24H35Cl2Si3Zr. The molecule has 0 amide bonds. The zero-order valence-electron chi connectivity index (χ0n) is 19.3. The van der Waals surface area contributed by atoms with Gasteiger partial charge in [0.05, 0.1) is 0 Å². The molecule has 0 bridgehead atoms. The van der Waals surface area contributed by atoms with E-state index in [-0.39, 0.29) is 7.25 Å². The molecule has 0 fully saturated rings. The summed E-state index contributed by atoms with van der Waals surface area (Å²) in [5.74, 6) is 0. The average molecular weight is 570 g/mol. The molecule has 0 aliphatic heterocycles. The van der Waals surface area contributed by atoms with E-state index in [0.717, 1.165) is 7.37 Å². The van der Waals surface area contributed by atoms with Crippen LogP contribution in [-0.2, 0) is 10.9 Å². The first-order valence-electron chi connectivity index (χ1n) is 11.1. The third-order valence-corrected chi connectivity index (χ3v) is 250. The van der Waals surface area contributed by atoms with Gasteiger partial charge in [0.25, 0.3) is 0 Å². The number of rotatable bonds is 4. The van der Waals surface area contributed by atoms with Crippen LogP contribution in [-0.4, -0.2) is 17.8 Å². The van der Waals surface area contributed by atoms with Crippen LogP contribution in [0.5, 0.6) is 0 Å². The molecule has 0 saturated carbocycles. The number of allylic oxidation sites excluding steroid dienone is 2. The van der Waals surface area contributed by atoms with Crippen molar-refractivity contribution in [1.29, 1.82) is 0 Å². The van der Waals surface area contributed by atoms with Gasteiger partial charge in [0, 0.05) is 0 Å². The standard InChI is InChI=1S/2C9H7.2C3H9Si.2ClH.H3Si.Zr/c2*1-2-5-9-7-3-6-8(9)4-1;2*1-4(2)3;;;;/h2*1-7H;2*1-3H3;2*1H;1H3;/q;;;;;;;+2/p-2. The van der Waals surface area contributed by atoms with E-state index in [2.05, 4.69) is 112 Å². The van der Waals surface area contributed by atoms with E-state index in [1.807, 2.05) is 0 Å². The van der Waals surface area contributed by atoms with Crippen molar-refractivity contribution in [3.63, 3.8) is 0 Å². The van der Waals surface area contributed by atoms with E-state index in [0.29, 0.717) is 0 Å². The third-order valence-electron chi connectivity index (χ3n) is 10.8. The summed E-state index contributed by atoms with van der Waals surface area (Å²) in [5.41, 5.74) is 5.37. The second-order valence-electron chi connectivity index (χ2n) is 12.6. The maximum atomic E-state index is 8.97. The minimum atomic E-state index is -5.68. The third kappa shape index (κ3) is 2.05. The zero-order valence-corrected chi connectivity index (χ0v) is 27.3. The summed E-state index contributed by atoms with van der Waals surface area (Å²) >= 11 is 0. The normalized spacial score (nSPS) is 24.6. The summed E-state index contributed by atoms with van der Waals surface area (Å²) in [7, 11) is 13.1. The van der Waals surface area contributed by atoms with E-state index >= 15 is 0 Å². The van der Waals surface area contributed by atoms with E-state index in [9.17, 15) is 0 Å². The quantitative estimate of drug-likeness (QED) is 0.334. The molecule has 2 aliphatic rings. The summed E-state index contributed by atoms with van der Waals surface area (Å²) in [6.07, 6.45) is 9.48. The van der Waals surface area contributed by atoms with Gasteiger partial charge in [0.15, 0.2) is 0 Å². The van der Waals surface area contributed by atoms with Gasteiger partial charge in [-0.2, -0.15) is 0 Å². The fourth-order valence-electron chi connectivity index (χ4n) is 7.36. The Hall–Kier alpha value is 0.0338. The zero-order chi connectivity index (χ0) is 22.3. The van der Waals surface area contributed by atoms with Crippen LogP contribution in [0.1, 0.15) is 29.5 Å². The van der Waals surface area contributed by atoms with Crippen LogP contribution in [0, 0.1) is 0 Å². The number of fused-ring (bicyclic) bond motifs is 2. The molecule has 6 heteroatoms. The molecule has 0 aromatic heterocycles. The fraction of sp³-hybridized carbons (Fsp3) is 0.333. The van der Waals surface area contributed by atoms with Gasteiger partial charge in [0.1, 0.15) is 0 Å². The fourth-order valence-corrected chi connectivity index (χ4v) is 125. The first kappa shape index (κ1) is 23.2. The first-order valence-corrected chi connectivity index (χ1v) is 43.0. The van der Waals surface area contributed by atoms with Crippen LogP contribution >= 0.6 is 17.0 Å². The minimum absolute atomic E-state index is 0.145. The van der Waals surface area contributed by atoms with Crippen LogP contribution < -0.4 is 0 Å². The molecule has 2 aromatic carbocycles. The molecule has 2 atom stereocenters. The second-order valence-corrected chi connectivity index (χ2v) is 150. The summed E-state index contributed by atoms with van der Waals surface area (Å²) in [5, 5.41) is -4.34. The SMILES string of the molecule is C[Si](C)(C)[Zr]([SiH3])([Cl])([Cl])([CH]1C=Cc2ccccc21)([CH]1C=Cc2ccccc21)[Si](C)(C)C. The summed E-state index contributed by atoms with van der Waals surface area (Å²) in [6.45, 7) is 15.0. The number of hydrogen-bond acceptors (Lipinski definition) is 0. The summed E-state index contributed by atoms with van der Waals surface area (Å²) in [4.78, 5) is 0. The van der Waals surface area contributed by atoms with Crippen LogP contribution in [0.4, 0.5) is 0 Å². The molecule has 0 radical (unpaired) electrons.